The van der Waals surface area contributed by atoms with Crippen molar-refractivity contribution in [2.75, 3.05) is 18.9 Å². The van der Waals surface area contributed by atoms with Crippen molar-refractivity contribution in [2.45, 2.75) is 52.4 Å². The third kappa shape index (κ3) is 5.24. The Kier molecular flexibility index (Phi) is 6.08. The molecule has 0 aliphatic heterocycles. The van der Waals surface area contributed by atoms with E-state index >= 15 is 0 Å². The van der Waals surface area contributed by atoms with Crippen molar-refractivity contribution in [3.8, 4) is 0 Å². The molecule has 4 nitrogen and oxygen atoms in total. The first-order valence-corrected chi connectivity index (χ1v) is 8.63. The second-order valence-electron chi connectivity index (χ2n) is 6.04. The highest BCUT2D eigenvalue weighted by molar-refractivity contribution is 7.89. The number of rotatable bonds is 7. The zero-order valence-corrected chi connectivity index (χ0v) is 12.4. The minimum atomic E-state index is -3.19. The van der Waals surface area contributed by atoms with Crippen LogP contribution in [0.3, 0.4) is 0 Å². The maximum Gasteiger partial charge on any atom is 0.211 e. The van der Waals surface area contributed by atoms with Gasteiger partial charge in [0.15, 0.2) is 0 Å². The Hall–Kier alpha value is -0.130. The summed E-state index contributed by atoms with van der Waals surface area (Å²) >= 11 is 0. The molecule has 0 aromatic rings. The van der Waals surface area contributed by atoms with Crippen LogP contribution in [0.2, 0.25) is 0 Å². The topological polar surface area (TPSA) is 66.4 Å². The molecule has 1 aliphatic carbocycles. The standard InChI is InChI=1S/C13H27NO3S/c1-12(2)6-9-18(16,17)14-10-13(11-15)7-4-3-5-8-13/h12,14-15H,3-11H2,1-2H3. The van der Waals surface area contributed by atoms with Gasteiger partial charge >= 0.3 is 0 Å². The number of hydrogen-bond donors (Lipinski definition) is 2. The molecular formula is C13H27NO3S. The fourth-order valence-corrected chi connectivity index (χ4v) is 3.87. The lowest BCUT2D eigenvalue weighted by Crippen LogP contribution is -2.42. The van der Waals surface area contributed by atoms with Gasteiger partial charge in [-0.25, -0.2) is 13.1 Å². The van der Waals surface area contributed by atoms with Crippen LogP contribution < -0.4 is 4.72 Å². The number of nitrogens with one attached hydrogen (secondary N) is 1. The maximum atomic E-state index is 11.8. The molecule has 0 aromatic heterocycles. The Morgan fingerprint density at radius 2 is 1.83 bits per heavy atom. The lowest BCUT2D eigenvalue weighted by molar-refractivity contribution is 0.0867. The summed E-state index contributed by atoms with van der Waals surface area (Å²) in [5.41, 5.74) is -0.219. The van der Waals surface area contributed by atoms with Gasteiger partial charge in [0, 0.05) is 18.6 Å². The molecule has 0 bridgehead atoms. The van der Waals surface area contributed by atoms with Gasteiger partial charge in [0.1, 0.15) is 0 Å². The van der Waals surface area contributed by atoms with Gasteiger partial charge in [-0.2, -0.15) is 0 Å². The molecule has 0 amide bonds. The quantitative estimate of drug-likeness (QED) is 0.747. The van der Waals surface area contributed by atoms with Gasteiger partial charge < -0.3 is 5.11 Å². The first-order valence-electron chi connectivity index (χ1n) is 6.97. The van der Waals surface area contributed by atoms with Crippen LogP contribution >= 0.6 is 0 Å². The van der Waals surface area contributed by atoms with E-state index in [1.165, 1.54) is 6.42 Å². The van der Waals surface area contributed by atoms with Gasteiger partial charge in [0.25, 0.3) is 0 Å². The summed E-state index contributed by atoms with van der Waals surface area (Å²) in [6.45, 7) is 4.52. The Morgan fingerprint density at radius 3 is 2.33 bits per heavy atom. The van der Waals surface area contributed by atoms with Gasteiger partial charge in [0.05, 0.1) is 5.75 Å². The lowest BCUT2D eigenvalue weighted by Gasteiger charge is -2.35. The molecule has 5 heteroatoms. The van der Waals surface area contributed by atoms with Gasteiger partial charge in [-0.05, 0) is 25.2 Å². The van der Waals surface area contributed by atoms with Crippen molar-refractivity contribution in [1.82, 2.24) is 4.72 Å². The average molecular weight is 277 g/mol. The number of aliphatic hydroxyl groups excluding tert-OH is 1. The Labute approximate surface area is 111 Å². The van der Waals surface area contributed by atoms with E-state index in [9.17, 15) is 13.5 Å². The summed E-state index contributed by atoms with van der Waals surface area (Å²) in [5.74, 6) is 0.578. The number of aliphatic hydroxyl groups is 1. The molecule has 0 radical (unpaired) electrons. The first-order chi connectivity index (χ1) is 8.39. The minimum absolute atomic E-state index is 0.0830. The van der Waals surface area contributed by atoms with Crippen molar-refractivity contribution in [2.24, 2.45) is 11.3 Å². The molecule has 1 rings (SSSR count). The van der Waals surface area contributed by atoms with Crippen molar-refractivity contribution in [3.63, 3.8) is 0 Å². The van der Waals surface area contributed by atoms with Crippen LogP contribution in [0.4, 0.5) is 0 Å². The molecule has 108 valence electrons. The molecule has 2 N–H and O–H groups in total. The van der Waals surface area contributed by atoms with Gasteiger partial charge in [0.2, 0.25) is 10.0 Å². The third-order valence-electron chi connectivity index (χ3n) is 3.88. The second-order valence-corrected chi connectivity index (χ2v) is 7.97. The predicted molar refractivity (Wildman–Crippen MR) is 73.8 cm³/mol. The Balaban J connectivity index is 2.46. The molecule has 0 unspecified atom stereocenters. The molecule has 0 aromatic carbocycles. The van der Waals surface area contributed by atoms with Crippen LogP contribution in [-0.4, -0.2) is 32.4 Å². The van der Waals surface area contributed by atoms with Crippen LogP contribution in [0, 0.1) is 11.3 Å². The molecule has 1 saturated carbocycles. The van der Waals surface area contributed by atoms with E-state index < -0.39 is 10.0 Å². The van der Waals surface area contributed by atoms with Gasteiger partial charge in [-0.3, -0.25) is 0 Å². The van der Waals surface area contributed by atoms with Crippen molar-refractivity contribution in [1.29, 1.82) is 0 Å². The molecule has 1 aliphatic rings. The maximum absolute atomic E-state index is 11.8. The second kappa shape index (κ2) is 6.87. The normalized spacial score (nSPS) is 20.2. The van der Waals surface area contributed by atoms with Crippen LogP contribution in [0.25, 0.3) is 0 Å². The molecule has 18 heavy (non-hydrogen) atoms. The smallest absolute Gasteiger partial charge is 0.211 e. The minimum Gasteiger partial charge on any atom is -0.396 e. The summed E-state index contributed by atoms with van der Waals surface area (Å²) in [6.07, 6.45) is 5.91. The number of sulfonamides is 1. The molecular weight excluding hydrogens is 250 g/mol. The van der Waals surface area contributed by atoms with E-state index in [-0.39, 0.29) is 17.8 Å². The van der Waals surface area contributed by atoms with Gasteiger partial charge in [-0.15, -0.1) is 0 Å². The highest BCUT2D eigenvalue weighted by Crippen LogP contribution is 2.35. The zero-order valence-electron chi connectivity index (χ0n) is 11.6. The van der Waals surface area contributed by atoms with E-state index in [2.05, 4.69) is 4.72 Å². The van der Waals surface area contributed by atoms with Crippen molar-refractivity contribution < 1.29 is 13.5 Å². The van der Waals surface area contributed by atoms with Crippen molar-refractivity contribution >= 4 is 10.0 Å². The van der Waals surface area contributed by atoms with Crippen LogP contribution in [0.15, 0.2) is 0 Å². The fraction of sp³-hybridized carbons (Fsp3) is 1.00. The Morgan fingerprint density at radius 1 is 1.22 bits per heavy atom. The zero-order chi connectivity index (χ0) is 13.6. The lowest BCUT2D eigenvalue weighted by atomic mass is 9.75. The Bertz CT molecular complexity index is 332. The fourth-order valence-electron chi connectivity index (χ4n) is 2.42. The van der Waals surface area contributed by atoms with Gasteiger partial charge in [-0.1, -0.05) is 33.1 Å². The third-order valence-corrected chi connectivity index (χ3v) is 5.24. The van der Waals surface area contributed by atoms with E-state index in [0.717, 1.165) is 25.7 Å². The molecule has 0 saturated heterocycles. The van der Waals surface area contributed by atoms with Crippen LogP contribution in [0.5, 0.6) is 0 Å². The summed E-state index contributed by atoms with van der Waals surface area (Å²) < 4.78 is 26.4. The molecule has 0 heterocycles. The highest BCUT2D eigenvalue weighted by Gasteiger charge is 2.32. The van der Waals surface area contributed by atoms with Crippen LogP contribution in [0.1, 0.15) is 52.4 Å². The van der Waals surface area contributed by atoms with Crippen molar-refractivity contribution in [3.05, 3.63) is 0 Å². The average Bonchev–Trinajstić information content (AvgIpc) is 2.36. The predicted octanol–water partition coefficient (Wildman–Crippen LogP) is 1.89. The highest BCUT2D eigenvalue weighted by atomic mass is 32.2. The first kappa shape index (κ1) is 15.9. The van der Waals surface area contributed by atoms with E-state index in [1.54, 1.807) is 0 Å². The summed E-state index contributed by atoms with van der Waals surface area (Å²) in [4.78, 5) is 0. The summed E-state index contributed by atoms with van der Waals surface area (Å²) in [6, 6.07) is 0. The monoisotopic (exact) mass is 277 g/mol. The molecule has 0 spiro atoms. The largest absolute Gasteiger partial charge is 0.396 e. The van der Waals surface area contributed by atoms with E-state index in [0.29, 0.717) is 18.9 Å². The molecule has 0 atom stereocenters. The van der Waals surface area contributed by atoms with E-state index in [4.69, 9.17) is 0 Å². The number of hydrogen-bond acceptors (Lipinski definition) is 3. The van der Waals surface area contributed by atoms with Crippen LogP contribution in [-0.2, 0) is 10.0 Å². The molecule has 1 fully saturated rings. The SMILES string of the molecule is CC(C)CCS(=O)(=O)NCC1(CO)CCCCC1. The van der Waals surface area contributed by atoms with E-state index in [1.807, 2.05) is 13.8 Å². The summed E-state index contributed by atoms with van der Waals surface area (Å²) in [5, 5.41) is 9.52. The summed E-state index contributed by atoms with van der Waals surface area (Å²) in [7, 11) is -3.19.